The summed E-state index contributed by atoms with van der Waals surface area (Å²) in [6.07, 6.45) is 5.45. The first-order chi connectivity index (χ1) is 9.66. The van der Waals surface area contributed by atoms with E-state index in [0.29, 0.717) is 0 Å². The zero-order valence-corrected chi connectivity index (χ0v) is 11.9. The van der Waals surface area contributed by atoms with Gasteiger partial charge in [0.05, 0.1) is 6.04 Å². The number of carbonyl (C=O) groups excluding carboxylic acids is 2. The highest BCUT2D eigenvalue weighted by Crippen LogP contribution is 2.17. The molecule has 1 fully saturated rings. The number of carbonyl (C=O) groups is 2. The highest BCUT2D eigenvalue weighted by atomic mass is 16.2. The van der Waals surface area contributed by atoms with Crippen LogP contribution in [0.2, 0.25) is 0 Å². The van der Waals surface area contributed by atoms with Crippen LogP contribution in [0.4, 0.5) is 0 Å². The Morgan fingerprint density at radius 2 is 1.70 bits per heavy atom. The van der Waals surface area contributed by atoms with Crippen molar-refractivity contribution >= 4 is 11.8 Å². The number of hydrogen-bond donors (Lipinski definition) is 2. The topological polar surface area (TPSA) is 58.2 Å². The number of rotatable bonds is 3. The van der Waals surface area contributed by atoms with Gasteiger partial charge in [0.15, 0.2) is 0 Å². The van der Waals surface area contributed by atoms with Crippen LogP contribution in [0.1, 0.15) is 50.6 Å². The summed E-state index contributed by atoms with van der Waals surface area (Å²) in [5, 5.41) is 5.56. The average Bonchev–Trinajstić information content (AvgIpc) is 2.49. The van der Waals surface area contributed by atoms with Crippen LogP contribution < -0.4 is 10.6 Å². The molecular formula is C16H22N2O2. The van der Waals surface area contributed by atoms with Gasteiger partial charge in [-0.25, -0.2) is 0 Å². The van der Waals surface area contributed by atoms with Gasteiger partial charge in [-0.15, -0.1) is 0 Å². The van der Waals surface area contributed by atoms with Crippen molar-refractivity contribution in [1.82, 2.24) is 10.6 Å². The maximum atomic E-state index is 11.9. The lowest BCUT2D eigenvalue weighted by Gasteiger charge is -2.23. The van der Waals surface area contributed by atoms with E-state index in [-0.39, 0.29) is 12.1 Å². The minimum atomic E-state index is -0.549. The van der Waals surface area contributed by atoms with Gasteiger partial charge in [0.25, 0.3) is 0 Å². The molecule has 2 amide bonds. The Balaban J connectivity index is 1.83. The molecule has 108 valence electrons. The lowest BCUT2D eigenvalue weighted by Crippen LogP contribution is -2.45. The van der Waals surface area contributed by atoms with Crippen LogP contribution in [-0.2, 0) is 9.59 Å². The summed E-state index contributed by atoms with van der Waals surface area (Å²) in [7, 11) is 0. The fraction of sp³-hybridized carbons (Fsp3) is 0.500. The first-order valence-electron chi connectivity index (χ1n) is 7.33. The van der Waals surface area contributed by atoms with E-state index >= 15 is 0 Å². The molecule has 0 spiro atoms. The van der Waals surface area contributed by atoms with Gasteiger partial charge in [-0.2, -0.15) is 0 Å². The molecule has 0 aliphatic heterocycles. The minimum Gasteiger partial charge on any atom is -0.345 e. The van der Waals surface area contributed by atoms with Crippen molar-refractivity contribution in [3.63, 3.8) is 0 Å². The highest BCUT2D eigenvalue weighted by Gasteiger charge is 2.21. The monoisotopic (exact) mass is 274 g/mol. The third-order valence-corrected chi connectivity index (χ3v) is 3.79. The third kappa shape index (κ3) is 4.08. The molecule has 1 aliphatic carbocycles. The van der Waals surface area contributed by atoms with E-state index in [2.05, 4.69) is 10.6 Å². The van der Waals surface area contributed by atoms with Crippen LogP contribution in [0.25, 0.3) is 0 Å². The molecule has 4 heteroatoms. The molecular weight excluding hydrogens is 252 g/mol. The largest absolute Gasteiger partial charge is 0.345 e. The molecule has 1 aliphatic rings. The fourth-order valence-electron chi connectivity index (χ4n) is 2.59. The molecule has 0 unspecified atom stereocenters. The molecule has 2 rings (SSSR count). The van der Waals surface area contributed by atoms with Gasteiger partial charge < -0.3 is 10.6 Å². The van der Waals surface area contributed by atoms with Gasteiger partial charge in [0.2, 0.25) is 0 Å². The zero-order valence-electron chi connectivity index (χ0n) is 11.9. The molecule has 20 heavy (non-hydrogen) atoms. The van der Waals surface area contributed by atoms with Crippen molar-refractivity contribution < 1.29 is 9.59 Å². The van der Waals surface area contributed by atoms with E-state index in [1.54, 1.807) is 0 Å². The van der Waals surface area contributed by atoms with E-state index in [9.17, 15) is 9.59 Å². The van der Waals surface area contributed by atoms with Crippen molar-refractivity contribution in [3.8, 4) is 0 Å². The second-order valence-electron chi connectivity index (χ2n) is 5.41. The second kappa shape index (κ2) is 7.08. The van der Waals surface area contributed by atoms with Crippen LogP contribution in [-0.4, -0.2) is 17.9 Å². The van der Waals surface area contributed by atoms with Crippen LogP contribution in [0, 0.1) is 0 Å². The van der Waals surface area contributed by atoms with Gasteiger partial charge in [-0.1, -0.05) is 49.6 Å². The molecule has 2 N–H and O–H groups in total. The zero-order chi connectivity index (χ0) is 14.4. The maximum absolute atomic E-state index is 11.9. The predicted molar refractivity (Wildman–Crippen MR) is 78.0 cm³/mol. The predicted octanol–water partition coefficient (Wildman–Crippen LogP) is 2.31. The lowest BCUT2D eigenvalue weighted by atomic mass is 9.95. The van der Waals surface area contributed by atoms with E-state index in [4.69, 9.17) is 0 Å². The molecule has 0 aromatic heterocycles. The van der Waals surface area contributed by atoms with Gasteiger partial charge in [-0.3, -0.25) is 9.59 Å². The van der Waals surface area contributed by atoms with Gasteiger partial charge >= 0.3 is 11.8 Å². The average molecular weight is 274 g/mol. The van der Waals surface area contributed by atoms with Gasteiger partial charge in [-0.05, 0) is 25.3 Å². The van der Waals surface area contributed by atoms with E-state index in [1.807, 2.05) is 37.3 Å². The van der Waals surface area contributed by atoms with Crippen molar-refractivity contribution in [2.45, 2.75) is 51.1 Å². The SMILES string of the molecule is C[C@H](NC(=O)C(=O)NC1CCCCC1)c1ccccc1. The van der Waals surface area contributed by atoms with Crippen LogP contribution in [0.5, 0.6) is 0 Å². The van der Waals surface area contributed by atoms with Crippen LogP contribution in [0.3, 0.4) is 0 Å². The molecule has 1 aromatic rings. The van der Waals surface area contributed by atoms with E-state index < -0.39 is 11.8 Å². The van der Waals surface area contributed by atoms with Crippen LogP contribution >= 0.6 is 0 Å². The minimum absolute atomic E-state index is 0.161. The third-order valence-electron chi connectivity index (χ3n) is 3.79. The summed E-state index contributed by atoms with van der Waals surface area (Å²) in [5.74, 6) is -1.06. The Labute approximate surface area is 119 Å². The van der Waals surface area contributed by atoms with Crippen molar-refractivity contribution in [3.05, 3.63) is 35.9 Å². The first kappa shape index (κ1) is 14.6. The Morgan fingerprint density at radius 3 is 2.35 bits per heavy atom. The Morgan fingerprint density at radius 1 is 1.05 bits per heavy atom. The lowest BCUT2D eigenvalue weighted by molar-refractivity contribution is -0.140. The van der Waals surface area contributed by atoms with Crippen molar-refractivity contribution in [1.29, 1.82) is 0 Å². The molecule has 1 aromatic carbocycles. The summed E-state index contributed by atoms with van der Waals surface area (Å²) in [6, 6.07) is 9.62. The number of hydrogen-bond acceptors (Lipinski definition) is 2. The van der Waals surface area contributed by atoms with Gasteiger partial charge in [0, 0.05) is 6.04 Å². The quantitative estimate of drug-likeness (QED) is 0.831. The maximum Gasteiger partial charge on any atom is 0.309 e. The first-order valence-corrected chi connectivity index (χ1v) is 7.33. The highest BCUT2D eigenvalue weighted by molar-refractivity contribution is 6.35. The molecule has 0 radical (unpaired) electrons. The Hall–Kier alpha value is -1.84. The van der Waals surface area contributed by atoms with E-state index in [0.717, 1.165) is 31.2 Å². The molecule has 0 heterocycles. The van der Waals surface area contributed by atoms with Crippen molar-refractivity contribution in [2.24, 2.45) is 0 Å². The molecule has 0 saturated heterocycles. The number of amides is 2. The summed E-state index contributed by atoms with van der Waals surface area (Å²) >= 11 is 0. The summed E-state index contributed by atoms with van der Waals surface area (Å²) < 4.78 is 0. The standard InChI is InChI=1S/C16H22N2O2/c1-12(13-8-4-2-5-9-13)17-15(19)16(20)18-14-10-6-3-7-11-14/h2,4-5,8-9,12,14H,3,6-7,10-11H2,1H3,(H,17,19)(H,18,20)/t12-/m0/s1. The number of nitrogens with one attached hydrogen (secondary N) is 2. The molecule has 0 bridgehead atoms. The summed E-state index contributed by atoms with van der Waals surface area (Å²) in [6.45, 7) is 1.88. The Bertz CT molecular complexity index is 453. The van der Waals surface area contributed by atoms with Gasteiger partial charge in [0.1, 0.15) is 0 Å². The second-order valence-corrected chi connectivity index (χ2v) is 5.41. The van der Waals surface area contributed by atoms with Crippen LogP contribution in [0.15, 0.2) is 30.3 Å². The fourth-order valence-corrected chi connectivity index (χ4v) is 2.59. The molecule has 4 nitrogen and oxygen atoms in total. The summed E-state index contributed by atoms with van der Waals surface area (Å²) in [4.78, 5) is 23.7. The Kier molecular flexibility index (Phi) is 5.16. The molecule has 1 saturated carbocycles. The van der Waals surface area contributed by atoms with E-state index in [1.165, 1.54) is 6.42 Å². The normalized spacial score (nSPS) is 17.2. The summed E-state index contributed by atoms with van der Waals surface area (Å²) in [5.41, 5.74) is 0.992. The molecule has 1 atom stereocenters. The number of benzene rings is 1. The smallest absolute Gasteiger partial charge is 0.309 e. The van der Waals surface area contributed by atoms with Crippen molar-refractivity contribution in [2.75, 3.05) is 0 Å².